The number of aromatic nitrogens is 4. The van der Waals surface area contributed by atoms with E-state index in [4.69, 9.17) is 16.5 Å². The Morgan fingerprint density at radius 1 is 0.375 bits per heavy atom. The van der Waals surface area contributed by atoms with E-state index in [-0.39, 0.29) is 0 Å². The first-order valence-electron chi connectivity index (χ1n) is 23.9. The first-order valence-corrected chi connectivity index (χ1v) is 23.9. The first kappa shape index (κ1) is 42.0. The summed E-state index contributed by atoms with van der Waals surface area (Å²) in [6, 6.07) is 86.5. The summed E-state index contributed by atoms with van der Waals surface area (Å²) < 4.78 is 4.74. The Morgan fingerprint density at radius 3 is 1.51 bits per heavy atom. The number of nitriles is 1. The molecule has 0 bridgehead atoms. The monoisotopic (exact) mass is 916 g/mol. The van der Waals surface area contributed by atoms with Crippen molar-refractivity contribution in [2.75, 3.05) is 0 Å². The molecule has 334 valence electrons. The summed E-state index contributed by atoms with van der Waals surface area (Å²) in [7, 11) is 0. The molecule has 10 aromatic carbocycles. The predicted octanol–water partition coefficient (Wildman–Crippen LogP) is 17.1. The number of hydrogen-bond donors (Lipinski definition) is 0. The van der Waals surface area contributed by atoms with Crippen LogP contribution in [0.5, 0.6) is 0 Å². The normalized spacial score (nSPS) is 11.3. The Morgan fingerprint density at radius 2 is 0.889 bits per heavy atom. The molecule has 0 saturated carbocycles. The Hall–Kier alpha value is -10.1. The number of fused-ring (bicyclic) bond motifs is 6. The maximum Gasteiger partial charge on any atom is 0.187 e. The van der Waals surface area contributed by atoms with Crippen molar-refractivity contribution in [2.45, 2.75) is 0 Å². The van der Waals surface area contributed by atoms with Gasteiger partial charge in [0, 0.05) is 49.5 Å². The number of hydrogen-bond acceptors (Lipinski definition) is 3. The molecule has 0 radical (unpaired) electrons. The van der Waals surface area contributed by atoms with Gasteiger partial charge in [0.15, 0.2) is 11.5 Å². The van der Waals surface area contributed by atoms with Crippen LogP contribution in [-0.2, 0) is 0 Å². The van der Waals surface area contributed by atoms with Crippen LogP contribution in [0.15, 0.2) is 243 Å². The average molecular weight is 917 g/mol. The van der Waals surface area contributed by atoms with Gasteiger partial charge in [0.2, 0.25) is 0 Å². The minimum atomic E-state index is 0.594. The van der Waals surface area contributed by atoms with Crippen LogP contribution in [0.4, 0.5) is 5.69 Å². The highest BCUT2D eigenvalue weighted by atomic mass is 15.0. The molecule has 3 aromatic heterocycles. The summed E-state index contributed by atoms with van der Waals surface area (Å²) in [4.78, 5) is 14.3. The van der Waals surface area contributed by atoms with Crippen molar-refractivity contribution in [1.82, 2.24) is 19.1 Å². The zero-order valence-electron chi connectivity index (χ0n) is 38.8. The van der Waals surface area contributed by atoms with Gasteiger partial charge >= 0.3 is 0 Å². The van der Waals surface area contributed by atoms with Gasteiger partial charge in [-0.15, -0.1) is 0 Å². The third-order valence-electron chi connectivity index (χ3n) is 13.8. The van der Waals surface area contributed by atoms with Crippen molar-refractivity contribution in [3.05, 3.63) is 260 Å². The van der Waals surface area contributed by atoms with Gasteiger partial charge in [-0.25, -0.2) is 14.8 Å². The molecule has 0 unspecified atom stereocenters. The molecule has 0 fully saturated rings. The summed E-state index contributed by atoms with van der Waals surface area (Å²) in [5.74, 6) is 0.624. The molecule has 0 saturated heterocycles. The fourth-order valence-corrected chi connectivity index (χ4v) is 10.4. The van der Waals surface area contributed by atoms with Crippen LogP contribution in [0.3, 0.4) is 0 Å². The van der Waals surface area contributed by atoms with Crippen molar-refractivity contribution < 1.29 is 0 Å². The van der Waals surface area contributed by atoms with Gasteiger partial charge in [-0.1, -0.05) is 152 Å². The SMILES string of the molecule is [C-]#[N+]c1cccc(-c2ccc3c(c2)c2cc(-c4cccc(C#N)c4)ccc2n3-c2ccc(-c3nc(-c4ccccc4)cc(-c4ccccc4)n3)cc2-c2cccc(-n3c4ccccc4c4ccccc43)c2)c1. The van der Waals surface area contributed by atoms with Crippen LogP contribution in [0, 0.1) is 17.9 Å². The van der Waals surface area contributed by atoms with Crippen molar-refractivity contribution in [3.8, 4) is 84.7 Å². The summed E-state index contributed by atoms with van der Waals surface area (Å²) in [6.45, 7) is 7.75. The molecule has 3 heterocycles. The maximum absolute atomic E-state index is 9.85. The summed E-state index contributed by atoms with van der Waals surface area (Å²) >= 11 is 0. The Balaban J connectivity index is 1.08. The van der Waals surface area contributed by atoms with Crippen LogP contribution in [-0.4, -0.2) is 19.1 Å². The molecular weight excluding hydrogens is 877 g/mol. The van der Waals surface area contributed by atoms with Crippen molar-refractivity contribution in [2.24, 2.45) is 0 Å². The molecular formula is C66H40N6. The molecule has 13 rings (SSSR count). The topological polar surface area (TPSA) is 63.8 Å². The molecule has 6 nitrogen and oxygen atoms in total. The van der Waals surface area contributed by atoms with E-state index < -0.39 is 0 Å². The van der Waals surface area contributed by atoms with E-state index in [1.165, 1.54) is 10.8 Å². The number of nitrogens with zero attached hydrogens (tertiary/aromatic N) is 6. The lowest BCUT2D eigenvalue weighted by atomic mass is 9.98. The summed E-state index contributed by atoms with van der Waals surface area (Å²) in [5.41, 5.74) is 18.2. The fraction of sp³-hybridized carbons (Fsp3) is 0. The van der Waals surface area contributed by atoms with E-state index >= 15 is 0 Å². The lowest BCUT2D eigenvalue weighted by Crippen LogP contribution is -2.01. The summed E-state index contributed by atoms with van der Waals surface area (Å²) in [5, 5.41) is 14.4. The lowest BCUT2D eigenvalue weighted by molar-refractivity contribution is 1.16. The van der Waals surface area contributed by atoms with Gasteiger partial charge < -0.3 is 9.13 Å². The van der Waals surface area contributed by atoms with Gasteiger partial charge in [0.25, 0.3) is 0 Å². The van der Waals surface area contributed by atoms with Crippen LogP contribution < -0.4 is 0 Å². The van der Waals surface area contributed by atoms with Crippen molar-refractivity contribution in [3.63, 3.8) is 0 Å². The molecule has 0 aliphatic rings. The minimum absolute atomic E-state index is 0.594. The highest BCUT2D eigenvalue weighted by Crippen LogP contribution is 2.42. The quantitative estimate of drug-likeness (QED) is 0.143. The third-order valence-corrected chi connectivity index (χ3v) is 13.8. The van der Waals surface area contributed by atoms with Gasteiger partial charge in [-0.05, 0) is 119 Å². The Bertz CT molecular complexity index is 4130. The number of benzene rings is 10. The molecule has 6 heteroatoms. The van der Waals surface area contributed by atoms with E-state index in [0.29, 0.717) is 17.1 Å². The van der Waals surface area contributed by atoms with Crippen molar-refractivity contribution in [1.29, 1.82) is 5.26 Å². The Kier molecular flexibility index (Phi) is 10.2. The van der Waals surface area contributed by atoms with E-state index in [9.17, 15) is 5.26 Å². The second-order valence-electron chi connectivity index (χ2n) is 18.0. The van der Waals surface area contributed by atoms with Gasteiger partial charge in [-0.3, -0.25) is 0 Å². The van der Waals surface area contributed by atoms with Crippen LogP contribution in [0.25, 0.3) is 127 Å². The molecule has 13 aromatic rings. The zero-order chi connectivity index (χ0) is 48.1. The molecule has 0 atom stereocenters. The molecule has 0 N–H and O–H groups in total. The van der Waals surface area contributed by atoms with E-state index in [2.05, 4.69) is 190 Å². The number of rotatable bonds is 8. The third kappa shape index (κ3) is 7.27. The smallest absolute Gasteiger partial charge is 0.187 e. The first-order chi connectivity index (χ1) is 35.6. The van der Waals surface area contributed by atoms with Gasteiger partial charge in [0.1, 0.15) is 0 Å². The van der Waals surface area contributed by atoms with Crippen LogP contribution >= 0.6 is 0 Å². The van der Waals surface area contributed by atoms with E-state index in [0.717, 1.165) is 106 Å². The van der Waals surface area contributed by atoms with E-state index in [1.54, 1.807) is 0 Å². The molecule has 0 amide bonds. The molecule has 0 aliphatic carbocycles. The highest BCUT2D eigenvalue weighted by Gasteiger charge is 2.21. The largest absolute Gasteiger partial charge is 0.309 e. The van der Waals surface area contributed by atoms with Gasteiger partial charge in [0.05, 0.1) is 57.3 Å². The lowest BCUT2D eigenvalue weighted by Gasteiger charge is -2.18. The molecule has 72 heavy (non-hydrogen) atoms. The summed E-state index contributed by atoms with van der Waals surface area (Å²) in [6.07, 6.45) is 0. The second kappa shape index (κ2) is 17.4. The van der Waals surface area contributed by atoms with Crippen LogP contribution in [0.1, 0.15) is 5.56 Å². The Labute approximate surface area is 416 Å². The molecule has 0 spiro atoms. The molecule has 0 aliphatic heterocycles. The highest BCUT2D eigenvalue weighted by molar-refractivity contribution is 6.13. The van der Waals surface area contributed by atoms with Crippen LogP contribution in [0.2, 0.25) is 0 Å². The fourth-order valence-electron chi connectivity index (χ4n) is 10.4. The van der Waals surface area contributed by atoms with Crippen molar-refractivity contribution >= 4 is 49.3 Å². The number of para-hydroxylation sites is 2. The maximum atomic E-state index is 9.85. The zero-order valence-corrected chi connectivity index (χ0v) is 38.8. The minimum Gasteiger partial charge on any atom is -0.309 e. The standard InChI is InChI=1S/C66H40N6/c1-68-52-23-13-21-47(36-52)49-30-33-65-58(39-49)57-38-48(46-20-12-15-43(35-46)42-67)29-32-64(57)72(65)63-34-31-51(66-69-59(44-16-4-2-5-17-44)41-60(70-66)45-18-6-3-7-19-45)40-56(63)50-22-14-24-53(37-50)71-61-27-10-8-25-54(61)55-26-9-11-28-62(55)71/h2-41H. The second-order valence-corrected chi connectivity index (χ2v) is 18.0. The predicted molar refractivity (Wildman–Crippen MR) is 294 cm³/mol. The average Bonchev–Trinajstić information content (AvgIpc) is 3.97. The van der Waals surface area contributed by atoms with Gasteiger partial charge in [-0.2, -0.15) is 5.26 Å². The van der Waals surface area contributed by atoms with E-state index in [1.807, 2.05) is 72.8 Å².